The molecule has 1 heterocycles. The first-order valence-electron chi connectivity index (χ1n) is 10.3. The predicted molar refractivity (Wildman–Crippen MR) is 95.3 cm³/mol. The normalized spacial score (nSPS) is 47.0. The van der Waals surface area contributed by atoms with Gasteiger partial charge in [-0.15, -0.1) is 0 Å². The van der Waals surface area contributed by atoms with Crippen molar-refractivity contribution in [3.05, 3.63) is 11.6 Å². The number of carbonyl (C=O) groups is 2. The molecule has 4 aliphatic carbocycles. The zero-order valence-corrected chi connectivity index (χ0v) is 15.5. The Morgan fingerprint density at radius 1 is 1.15 bits per heavy atom. The summed E-state index contributed by atoms with van der Waals surface area (Å²) >= 11 is 0. The summed E-state index contributed by atoms with van der Waals surface area (Å²) in [5, 5.41) is 18.2. The highest BCUT2D eigenvalue weighted by molar-refractivity contribution is 5.91. The molecule has 1 aliphatic heterocycles. The molecule has 1 N–H and O–H groups in total. The molecule has 26 heavy (non-hydrogen) atoms. The van der Waals surface area contributed by atoms with E-state index in [-0.39, 0.29) is 41.1 Å². The van der Waals surface area contributed by atoms with E-state index in [4.69, 9.17) is 0 Å². The van der Waals surface area contributed by atoms with Crippen LogP contribution in [-0.2, 0) is 9.59 Å². The third-order valence-corrected chi connectivity index (χ3v) is 8.80. The van der Waals surface area contributed by atoms with Crippen LogP contribution in [0.2, 0.25) is 0 Å². The van der Waals surface area contributed by atoms with Gasteiger partial charge in [-0.05, 0) is 74.2 Å². The van der Waals surface area contributed by atoms with Crippen LogP contribution in [0.3, 0.4) is 0 Å². The Morgan fingerprint density at radius 3 is 2.69 bits per heavy atom. The molecular formula is C21H28N2O3. The van der Waals surface area contributed by atoms with E-state index in [2.05, 4.69) is 17.2 Å². The van der Waals surface area contributed by atoms with E-state index >= 15 is 0 Å². The molecule has 0 spiro atoms. The molecule has 0 saturated heterocycles. The Labute approximate surface area is 154 Å². The van der Waals surface area contributed by atoms with Crippen molar-refractivity contribution in [3.63, 3.8) is 0 Å². The van der Waals surface area contributed by atoms with Gasteiger partial charge in [0.1, 0.15) is 0 Å². The minimum atomic E-state index is -0.373. The molecule has 6 atom stereocenters. The molecule has 0 bridgehead atoms. The van der Waals surface area contributed by atoms with Crippen LogP contribution in [0, 0.1) is 34.5 Å². The van der Waals surface area contributed by atoms with E-state index in [0.29, 0.717) is 24.2 Å². The van der Waals surface area contributed by atoms with Gasteiger partial charge in [-0.3, -0.25) is 9.59 Å². The van der Waals surface area contributed by atoms with Gasteiger partial charge in [0.25, 0.3) is 0 Å². The number of nitrogens with zero attached hydrogens (tertiary/aromatic N) is 2. The summed E-state index contributed by atoms with van der Waals surface area (Å²) in [6.45, 7) is 2.49. The Hall–Kier alpha value is -1.36. The van der Waals surface area contributed by atoms with Crippen LogP contribution in [-0.4, -0.2) is 29.4 Å². The lowest BCUT2D eigenvalue weighted by Gasteiger charge is -2.58. The predicted octanol–water partition coefficient (Wildman–Crippen LogP) is 3.47. The Kier molecular flexibility index (Phi) is 3.60. The van der Waals surface area contributed by atoms with Crippen LogP contribution in [0.15, 0.2) is 21.9 Å². The fraction of sp³-hybridized carbons (Fsp3) is 0.810. The maximum atomic E-state index is 12.7. The third kappa shape index (κ3) is 2.12. The maximum Gasteiger partial charge on any atom is 0.238 e. The van der Waals surface area contributed by atoms with Crippen molar-refractivity contribution in [2.45, 2.75) is 64.5 Å². The Bertz CT molecular complexity index is 723. The van der Waals surface area contributed by atoms with Gasteiger partial charge in [-0.1, -0.05) is 12.5 Å². The van der Waals surface area contributed by atoms with Crippen molar-refractivity contribution in [1.82, 2.24) is 0 Å². The SMILES string of the molecule is C[C@@]12CC[C@@H]3[C@H](CCC4=CC(=O)CC[C@]43CO)[C@H]1CC[C@H]2C(=O)C1N=N1. The molecule has 0 unspecified atom stereocenters. The molecular weight excluding hydrogens is 328 g/mol. The van der Waals surface area contributed by atoms with Gasteiger partial charge < -0.3 is 5.11 Å². The highest BCUT2D eigenvalue weighted by Gasteiger charge is 2.61. The molecule has 5 nitrogen and oxygen atoms in total. The zero-order valence-electron chi connectivity index (χ0n) is 15.5. The van der Waals surface area contributed by atoms with Crippen LogP contribution in [0.5, 0.6) is 0 Å². The number of aliphatic hydroxyl groups excluding tert-OH is 1. The zero-order chi connectivity index (χ0) is 18.1. The van der Waals surface area contributed by atoms with E-state index in [1.165, 1.54) is 5.57 Å². The maximum absolute atomic E-state index is 12.7. The highest BCUT2D eigenvalue weighted by Crippen LogP contribution is 2.66. The van der Waals surface area contributed by atoms with Gasteiger partial charge in [0.05, 0.1) is 6.61 Å². The third-order valence-electron chi connectivity index (χ3n) is 8.80. The van der Waals surface area contributed by atoms with Gasteiger partial charge in [-0.2, -0.15) is 10.2 Å². The molecule has 5 aliphatic rings. The summed E-state index contributed by atoms with van der Waals surface area (Å²) in [7, 11) is 0. The van der Waals surface area contributed by atoms with Gasteiger partial charge in [0, 0.05) is 17.8 Å². The molecule has 0 aromatic carbocycles. The summed E-state index contributed by atoms with van der Waals surface area (Å²) in [6, 6.07) is 0. The highest BCUT2D eigenvalue weighted by atomic mass is 16.3. The number of fused-ring (bicyclic) bond motifs is 5. The second kappa shape index (κ2) is 5.57. The second-order valence-corrected chi connectivity index (χ2v) is 9.55. The quantitative estimate of drug-likeness (QED) is 0.841. The summed E-state index contributed by atoms with van der Waals surface area (Å²) in [5.74, 6) is 2.15. The molecule has 5 heteroatoms. The Morgan fingerprint density at radius 2 is 1.96 bits per heavy atom. The minimum Gasteiger partial charge on any atom is -0.395 e. The van der Waals surface area contributed by atoms with Crippen LogP contribution in [0.1, 0.15) is 58.3 Å². The molecule has 0 radical (unpaired) electrons. The number of aliphatic hydroxyl groups is 1. The summed E-state index contributed by atoms with van der Waals surface area (Å²) in [4.78, 5) is 24.7. The smallest absolute Gasteiger partial charge is 0.238 e. The van der Waals surface area contributed by atoms with Crippen molar-refractivity contribution in [1.29, 1.82) is 0 Å². The first-order chi connectivity index (χ1) is 12.5. The molecule has 0 aromatic rings. The van der Waals surface area contributed by atoms with Crippen LogP contribution in [0.4, 0.5) is 0 Å². The summed E-state index contributed by atoms with van der Waals surface area (Å²) in [6.07, 6.45) is 9.08. The van der Waals surface area contributed by atoms with Gasteiger partial charge in [0.2, 0.25) is 6.17 Å². The number of hydrogen-bond donors (Lipinski definition) is 1. The van der Waals surface area contributed by atoms with Crippen molar-refractivity contribution in [2.75, 3.05) is 6.61 Å². The lowest BCUT2D eigenvalue weighted by molar-refractivity contribution is -0.131. The fourth-order valence-electron chi connectivity index (χ4n) is 7.45. The minimum absolute atomic E-state index is 0.0637. The van der Waals surface area contributed by atoms with Crippen LogP contribution in [0.25, 0.3) is 0 Å². The molecule has 5 rings (SSSR count). The van der Waals surface area contributed by atoms with E-state index in [1.54, 1.807) is 0 Å². The number of rotatable bonds is 3. The van der Waals surface area contributed by atoms with E-state index < -0.39 is 0 Å². The standard InChI is InChI=1S/C21H28N2O3/c1-20-8-7-16-14(15(20)4-5-17(20)18(26)19-22-23-19)3-2-12-10-13(25)6-9-21(12,16)11-24/h10,14-17,19,24H,2-9,11H2,1H3/t14-,15-,16-,17+,20-,21+/m1/s1. The van der Waals surface area contributed by atoms with Gasteiger partial charge in [-0.25, -0.2) is 0 Å². The van der Waals surface area contributed by atoms with Crippen molar-refractivity contribution < 1.29 is 14.7 Å². The van der Waals surface area contributed by atoms with Crippen molar-refractivity contribution >= 4 is 11.6 Å². The molecule has 3 saturated carbocycles. The Balaban J connectivity index is 1.46. The fourth-order valence-corrected chi connectivity index (χ4v) is 7.45. The lowest BCUT2D eigenvalue weighted by atomic mass is 9.46. The monoisotopic (exact) mass is 356 g/mol. The number of carbonyl (C=O) groups excluding carboxylic acids is 2. The number of hydrogen-bond acceptors (Lipinski definition) is 5. The van der Waals surface area contributed by atoms with E-state index in [9.17, 15) is 14.7 Å². The average Bonchev–Trinajstić information content (AvgIpc) is 3.42. The summed E-state index contributed by atoms with van der Waals surface area (Å²) < 4.78 is 0. The van der Waals surface area contributed by atoms with Gasteiger partial charge in [0.15, 0.2) is 11.6 Å². The van der Waals surface area contributed by atoms with E-state index in [0.717, 1.165) is 44.9 Å². The lowest BCUT2D eigenvalue weighted by Crippen LogP contribution is -2.53. The topological polar surface area (TPSA) is 79.1 Å². The van der Waals surface area contributed by atoms with E-state index in [1.807, 2.05) is 6.08 Å². The average molecular weight is 356 g/mol. The van der Waals surface area contributed by atoms with Crippen molar-refractivity contribution in [2.24, 2.45) is 44.7 Å². The summed E-state index contributed by atoms with van der Waals surface area (Å²) in [5.41, 5.74) is 1.10. The molecule has 0 aromatic heterocycles. The molecule has 3 fully saturated rings. The van der Waals surface area contributed by atoms with Crippen molar-refractivity contribution in [3.8, 4) is 0 Å². The van der Waals surface area contributed by atoms with Crippen LogP contribution >= 0.6 is 0 Å². The van der Waals surface area contributed by atoms with Gasteiger partial charge >= 0.3 is 0 Å². The number of ketones is 2. The van der Waals surface area contributed by atoms with Crippen LogP contribution < -0.4 is 0 Å². The first kappa shape index (κ1) is 16.8. The molecule has 0 amide bonds. The molecule has 140 valence electrons. The first-order valence-corrected chi connectivity index (χ1v) is 10.3. The number of Topliss-reactive ketones (excluding diaryl/α,β-unsaturated/α-hetero) is 1. The largest absolute Gasteiger partial charge is 0.395 e. The second-order valence-electron chi connectivity index (χ2n) is 9.55.